The van der Waals surface area contributed by atoms with E-state index in [1.807, 2.05) is 37.3 Å². The molecule has 0 bridgehead atoms. The Kier molecular flexibility index (Phi) is 7.33. The quantitative estimate of drug-likeness (QED) is 0.275. The van der Waals surface area contributed by atoms with Crippen LogP contribution in [0.2, 0.25) is 0 Å². The lowest BCUT2D eigenvalue weighted by Crippen LogP contribution is -2.25. The van der Waals surface area contributed by atoms with Crippen LogP contribution in [-0.4, -0.2) is 36.9 Å². The number of aromatic nitrogens is 2. The number of anilines is 1. The van der Waals surface area contributed by atoms with Crippen LogP contribution in [0.25, 0.3) is 10.5 Å². The summed E-state index contributed by atoms with van der Waals surface area (Å²) in [6.45, 7) is 9.93. The molecule has 0 spiro atoms. The molecule has 1 amide bonds. The van der Waals surface area contributed by atoms with Gasteiger partial charge in [0.1, 0.15) is 5.69 Å². The van der Waals surface area contributed by atoms with Gasteiger partial charge in [-0.3, -0.25) is 4.79 Å². The Morgan fingerprint density at radius 2 is 1.77 bits per heavy atom. The Hall–Kier alpha value is -4.26. The zero-order valence-corrected chi connectivity index (χ0v) is 22.6. The molecule has 1 atom stereocenters. The third-order valence-electron chi connectivity index (χ3n) is 6.67. The molecule has 1 fully saturated rings. The minimum absolute atomic E-state index is 0.242. The van der Waals surface area contributed by atoms with Crippen molar-refractivity contribution in [3.63, 3.8) is 0 Å². The van der Waals surface area contributed by atoms with E-state index in [0.717, 1.165) is 17.7 Å². The summed E-state index contributed by atoms with van der Waals surface area (Å²) in [5.41, 5.74) is 4.48. The molecule has 0 aliphatic heterocycles. The van der Waals surface area contributed by atoms with Gasteiger partial charge in [-0.1, -0.05) is 36.4 Å². The van der Waals surface area contributed by atoms with Crippen LogP contribution in [0.4, 0.5) is 11.4 Å². The van der Waals surface area contributed by atoms with E-state index in [1.54, 1.807) is 53.2 Å². The molecular formula is C30H29N5O3S. The Bertz CT molecular complexity index is 1680. The van der Waals surface area contributed by atoms with Crippen molar-refractivity contribution in [2.24, 2.45) is 5.92 Å². The second-order valence-electron chi connectivity index (χ2n) is 9.92. The highest BCUT2D eigenvalue weighted by Gasteiger charge is 2.24. The van der Waals surface area contributed by atoms with Crippen molar-refractivity contribution in [1.82, 2.24) is 15.1 Å². The van der Waals surface area contributed by atoms with Crippen LogP contribution in [0.3, 0.4) is 0 Å². The minimum Gasteiger partial charge on any atom is -0.321 e. The van der Waals surface area contributed by atoms with E-state index in [4.69, 9.17) is 6.57 Å². The van der Waals surface area contributed by atoms with Crippen molar-refractivity contribution < 1.29 is 13.2 Å². The van der Waals surface area contributed by atoms with Crippen LogP contribution in [0.15, 0.2) is 83.8 Å². The predicted octanol–water partition coefficient (Wildman–Crippen LogP) is 5.48. The lowest BCUT2D eigenvalue weighted by Gasteiger charge is -2.21. The van der Waals surface area contributed by atoms with Crippen molar-refractivity contribution >= 4 is 27.1 Å². The Labute approximate surface area is 228 Å². The van der Waals surface area contributed by atoms with Crippen molar-refractivity contribution in [1.29, 1.82) is 0 Å². The van der Waals surface area contributed by atoms with Crippen molar-refractivity contribution in [2.75, 3.05) is 18.1 Å². The molecule has 1 unspecified atom stereocenters. The molecule has 3 aromatic carbocycles. The highest BCUT2D eigenvalue weighted by molar-refractivity contribution is 7.90. The van der Waals surface area contributed by atoms with E-state index in [-0.39, 0.29) is 16.8 Å². The number of benzene rings is 3. The average Bonchev–Trinajstić information content (AvgIpc) is 3.67. The molecule has 8 nitrogen and oxygen atoms in total. The molecule has 1 saturated carbocycles. The molecule has 198 valence electrons. The van der Waals surface area contributed by atoms with E-state index < -0.39 is 9.84 Å². The summed E-state index contributed by atoms with van der Waals surface area (Å²) in [5, 5.41) is 11.1. The van der Waals surface area contributed by atoms with E-state index in [2.05, 4.69) is 20.6 Å². The normalized spacial score (nSPS) is 14.0. The maximum Gasteiger partial charge on any atom is 0.274 e. The number of carbonyl (C=O) groups excluding carboxylic acids is 1. The highest BCUT2D eigenvalue weighted by Crippen LogP contribution is 2.31. The standard InChI is InChI=1S/C30H29N5O3S/c1-20-15-28(35(34-20)26-11-6-9-24(18-26)31-2)30(36)33-25-10-4-7-22(16-25)29(32-19-21-13-14-21)23-8-5-12-27(17-23)39(3,37)38/h4-12,15-18,21,29,32H,13-14,19H2,1,3H3,(H,33,36). The molecule has 1 heterocycles. The summed E-state index contributed by atoms with van der Waals surface area (Å²) in [4.78, 5) is 17.1. The number of rotatable bonds is 9. The molecule has 2 N–H and O–H groups in total. The summed E-state index contributed by atoms with van der Waals surface area (Å²) >= 11 is 0. The van der Waals surface area contributed by atoms with Gasteiger partial charge in [0.2, 0.25) is 0 Å². The van der Waals surface area contributed by atoms with Crippen LogP contribution in [0.5, 0.6) is 0 Å². The van der Waals surface area contributed by atoms with E-state index in [9.17, 15) is 13.2 Å². The van der Waals surface area contributed by atoms with E-state index >= 15 is 0 Å². The maximum absolute atomic E-state index is 13.4. The second kappa shape index (κ2) is 10.8. The number of carbonyl (C=O) groups is 1. The first-order valence-corrected chi connectivity index (χ1v) is 14.6. The summed E-state index contributed by atoms with van der Waals surface area (Å²) in [6.07, 6.45) is 3.58. The van der Waals surface area contributed by atoms with Crippen LogP contribution < -0.4 is 10.6 Å². The summed E-state index contributed by atoms with van der Waals surface area (Å²) in [7, 11) is -3.35. The van der Waals surface area contributed by atoms with Crippen molar-refractivity contribution in [2.45, 2.75) is 30.7 Å². The van der Waals surface area contributed by atoms with Crippen molar-refractivity contribution in [3.05, 3.63) is 113 Å². The van der Waals surface area contributed by atoms with Gasteiger partial charge in [0.25, 0.3) is 5.91 Å². The van der Waals surface area contributed by atoms with Gasteiger partial charge >= 0.3 is 0 Å². The van der Waals surface area contributed by atoms with Crippen LogP contribution in [0, 0.1) is 19.4 Å². The van der Waals surface area contributed by atoms with Gasteiger partial charge < -0.3 is 10.6 Å². The largest absolute Gasteiger partial charge is 0.321 e. The Morgan fingerprint density at radius 1 is 1.05 bits per heavy atom. The van der Waals surface area contributed by atoms with Gasteiger partial charge in [-0.15, -0.1) is 0 Å². The molecular weight excluding hydrogens is 510 g/mol. The Balaban J connectivity index is 1.44. The zero-order valence-electron chi connectivity index (χ0n) is 21.8. The summed E-state index contributed by atoms with van der Waals surface area (Å²) < 4.78 is 26.0. The van der Waals surface area contributed by atoms with Crippen LogP contribution in [0.1, 0.15) is 46.2 Å². The number of nitrogens with one attached hydrogen (secondary N) is 2. The number of hydrogen-bond donors (Lipinski definition) is 2. The van der Waals surface area contributed by atoms with Gasteiger partial charge in [-0.2, -0.15) is 5.10 Å². The fraction of sp³-hybridized carbons (Fsp3) is 0.233. The molecule has 5 rings (SSSR count). The average molecular weight is 540 g/mol. The summed E-state index contributed by atoms with van der Waals surface area (Å²) in [6, 6.07) is 23.0. The van der Waals surface area contributed by atoms with Gasteiger partial charge in [0, 0.05) is 11.9 Å². The number of nitrogens with zero attached hydrogens (tertiary/aromatic N) is 3. The summed E-state index contributed by atoms with van der Waals surface area (Å²) in [5.74, 6) is 0.292. The third-order valence-corrected chi connectivity index (χ3v) is 7.78. The molecule has 9 heteroatoms. The molecule has 39 heavy (non-hydrogen) atoms. The number of amides is 1. The predicted molar refractivity (Wildman–Crippen MR) is 151 cm³/mol. The van der Waals surface area contributed by atoms with Gasteiger partial charge in [0.05, 0.1) is 28.9 Å². The molecule has 4 aromatic rings. The number of hydrogen-bond acceptors (Lipinski definition) is 5. The van der Waals surface area contributed by atoms with Crippen LogP contribution in [-0.2, 0) is 9.84 Å². The first kappa shape index (κ1) is 26.4. The highest BCUT2D eigenvalue weighted by atomic mass is 32.2. The fourth-order valence-corrected chi connectivity index (χ4v) is 5.18. The van der Waals surface area contributed by atoms with Crippen LogP contribution >= 0.6 is 0 Å². The fourth-order valence-electron chi connectivity index (χ4n) is 4.50. The third kappa shape index (κ3) is 6.25. The van der Waals surface area contributed by atoms with Crippen molar-refractivity contribution in [3.8, 4) is 5.69 Å². The first-order valence-electron chi connectivity index (χ1n) is 12.7. The topological polar surface area (TPSA) is 97.4 Å². The maximum atomic E-state index is 13.4. The molecule has 1 aliphatic rings. The molecule has 0 radical (unpaired) electrons. The number of aryl methyl sites for hydroxylation is 1. The molecule has 1 aliphatic carbocycles. The monoisotopic (exact) mass is 539 g/mol. The number of sulfone groups is 1. The molecule has 1 aromatic heterocycles. The first-order chi connectivity index (χ1) is 18.7. The lowest BCUT2D eigenvalue weighted by molar-refractivity contribution is 0.101. The molecule has 0 saturated heterocycles. The lowest BCUT2D eigenvalue weighted by atomic mass is 9.98. The van der Waals surface area contributed by atoms with Gasteiger partial charge in [-0.05, 0) is 85.8 Å². The van der Waals surface area contributed by atoms with Gasteiger partial charge in [-0.25, -0.2) is 17.9 Å². The zero-order chi connectivity index (χ0) is 27.6. The Morgan fingerprint density at radius 3 is 2.49 bits per heavy atom. The van der Waals surface area contributed by atoms with Gasteiger partial charge in [0.15, 0.2) is 15.5 Å². The SMILES string of the molecule is [C-]#[N+]c1cccc(-n2nc(C)cc2C(=O)Nc2cccc(C(NCC3CC3)c3cccc(S(C)(=O)=O)c3)c2)c1. The van der Waals surface area contributed by atoms with E-state index in [1.165, 1.54) is 19.1 Å². The minimum atomic E-state index is -3.35. The smallest absolute Gasteiger partial charge is 0.274 e. The second-order valence-corrected chi connectivity index (χ2v) is 11.9. The van der Waals surface area contributed by atoms with E-state index in [0.29, 0.717) is 34.4 Å².